The Morgan fingerprint density at radius 2 is 1.89 bits per heavy atom. The summed E-state index contributed by atoms with van der Waals surface area (Å²) < 4.78 is 11.4. The number of benzene rings is 2. The second-order valence-electron chi connectivity index (χ2n) is 9.96. The van der Waals surface area contributed by atoms with Crippen LogP contribution in [0.1, 0.15) is 37.0 Å². The summed E-state index contributed by atoms with van der Waals surface area (Å²) in [5.74, 6) is 1.48. The van der Waals surface area contributed by atoms with E-state index in [1.165, 1.54) is 0 Å². The number of aromatic nitrogens is 3. The number of nitrogens with zero attached hydrogens (tertiary/aromatic N) is 4. The average molecular weight is 518 g/mol. The predicted molar refractivity (Wildman–Crippen MR) is 146 cm³/mol. The lowest BCUT2D eigenvalue weighted by Crippen LogP contribution is -2.39. The SMILES string of the molecule is COc1cc(N(c2ccccc2)c2nc3c(s2)CN(C(=O)OC(C)(C)C)CC3)ccc1-c1nc(C)c[nH]1. The fourth-order valence-corrected chi connectivity index (χ4v) is 5.44. The quantitative estimate of drug-likeness (QED) is 0.321. The number of hydrogen-bond donors (Lipinski definition) is 1. The fourth-order valence-electron chi connectivity index (χ4n) is 4.27. The van der Waals surface area contributed by atoms with E-state index in [1.807, 2.05) is 64.2 Å². The van der Waals surface area contributed by atoms with Crippen LogP contribution in [0.15, 0.2) is 54.7 Å². The highest BCUT2D eigenvalue weighted by molar-refractivity contribution is 7.15. The van der Waals surface area contributed by atoms with Crippen molar-refractivity contribution in [2.75, 3.05) is 18.6 Å². The van der Waals surface area contributed by atoms with Gasteiger partial charge in [-0.25, -0.2) is 14.8 Å². The Kier molecular flexibility index (Phi) is 6.64. The topological polar surface area (TPSA) is 83.6 Å². The molecule has 2 aromatic carbocycles. The number of fused-ring (bicyclic) bond motifs is 1. The van der Waals surface area contributed by atoms with E-state index in [0.29, 0.717) is 25.3 Å². The highest BCUT2D eigenvalue weighted by atomic mass is 32.1. The molecule has 4 aromatic rings. The number of para-hydroxylation sites is 1. The highest BCUT2D eigenvalue weighted by Gasteiger charge is 2.29. The van der Waals surface area contributed by atoms with Crippen molar-refractivity contribution in [2.45, 2.75) is 46.3 Å². The molecule has 3 heterocycles. The molecule has 0 aliphatic carbocycles. The van der Waals surface area contributed by atoms with E-state index in [4.69, 9.17) is 14.5 Å². The second kappa shape index (κ2) is 9.89. The highest BCUT2D eigenvalue weighted by Crippen LogP contribution is 2.42. The van der Waals surface area contributed by atoms with Gasteiger partial charge < -0.3 is 19.4 Å². The molecule has 1 N–H and O–H groups in total. The van der Waals surface area contributed by atoms with Gasteiger partial charge in [-0.3, -0.25) is 4.90 Å². The molecule has 0 fully saturated rings. The Morgan fingerprint density at radius 3 is 2.57 bits per heavy atom. The van der Waals surface area contributed by atoms with Crippen molar-refractivity contribution in [3.8, 4) is 17.1 Å². The molecular formula is C28H31N5O3S. The molecular weight excluding hydrogens is 486 g/mol. The lowest BCUT2D eigenvalue weighted by atomic mass is 10.1. The molecule has 0 atom stereocenters. The van der Waals surface area contributed by atoms with Gasteiger partial charge in [-0.2, -0.15) is 0 Å². The molecule has 0 saturated heterocycles. The first-order valence-electron chi connectivity index (χ1n) is 12.2. The first-order valence-corrected chi connectivity index (χ1v) is 13.1. The van der Waals surface area contributed by atoms with Gasteiger partial charge in [0.05, 0.1) is 36.3 Å². The van der Waals surface area contributed by atoms with Crippen LogP contribution in [0.2, 0.25) is 0 Å². The molecule has 8 nitrogen and oxygen atoms in total. The van der Waals surface area contributed by atoms with Gasteiger partial charge in [0.25, 0.3) is 0 Å². The predicted octanol–water partition coefficient (Wildman–Crippen LogP) is 6.61. The Bertz CT molecular complexity index is 1410. The minimum absolute atomic E-state index is 0.290. The van der Waals surface area contributed by atoms with E-state index in [0.717, 1.165) is 44.2 Å². The van der Waals surface area contributed by atoms with E-state index < -0.39 is 5.60 Å². The molecule has 5 rings (SSSR count). The van der Waals surface area contributed by atoms with Crippen molar-refractivity contribution in [1.82, 2.24) is 19.9 Å². The van der Waals surface area contributed by atoms with Crippen LogP contribution >= 0.6 is 11.3 Å². The Labute approximate surface area is 220 Å². The number of anilines is 3. The minimum atomic E-state index is -0.528. The zero-order chi connectivity index (χ0) is 26.2. The number of thiazole rings is 1. The number of ether oxygens (including phenoxy) is 2. The third-order valence-electron chi connectivity index (χ3n) is 5.98. The van der Waals surface area contributed by atoms with Gasteiger partial charge in [0, 0.05) is 35.8 Å². The van der Waals surface area contributed by atoms with Gasteiger partial charge in [0.15, 0.2) is 5.13 Å². The number of carbonyl (C=O) groups is 1. The number of hydrogen-bond acceptors (Lipinski definition) is 7. The van der Waals surface area contributed by atoms with E-state index >= 15 is 0 Å². The standard InChI is InChI=1S/C28H31N5O3S/c1-18-16-29-25(30-18)21-12-11-20(15-23(21)35-5)33(19-9-7-6-8-10-19)26-31-22-13-14-32(17-24(22)37-26)27(34)36-28(2,3)4/h6-12,15-16H,13-14,17H2,1-5H3,(H,29,30). The normalized spacial score (nSPS) is 13.3. The summed E-state index contributed by atoms with van der Waals surface area (Å²) in [6, 6.07) is 16.2. The molecule has 37 heavy (non-hydrogen) atoms. The third-order valence-corrected chi connectivity index (χ3v) is 7.05. The molecule has 0 bridgehead atoms. The number of imidazole rings is 1. The van der Waals surface area contributed by atoms with Gasteiger partial charge in [-0.05, 0) is 52.0 Å². The zero-order valence-corrected chi connectivity index (χ0v) is 22.6. The monoisotopic (exact) mass is 517 g/mol. The molecule has 9 heteroatoms. The second-order valence-corrected chi connectivity index (χ2v) is 11.0. The smallest absolute Gasteiger partial charge is 0.410 e. The van der Waals surface area contributed by atoms with Crippen LogP contribution < -0.4 is 9.64 Å². The summed E-state index contributed by atoms with van der Waals surface area (Å²) in [6.45, 7) is 8.68. The first-order chi connectivity index (χ1) is 17.7. The van der Waals surface area contributed by atoms with Crippen LogP contribution in [0.5, 0.6) is 5.75 Å². The molecule has 0 unspecified atom stereocenters. The van der Waals surface area contributed by atoms with Crippen LogP contribution in [0, 0.1) is 6.92 Å². The molecule has 0 saturated carbocycles. The summed E-state index contributed by atoms with van der Waals surface area (Å²) in [7, 11) is 1.67. The lowest BCUT2D eigenvalue weighted by Gasteiger charge is -2.29. The molecule has 1 aliphatic rings. The van der Waals surface area contributed by atoms with Crippen LogP contribution in [0.3, 0.4) is 0 Å². The maximum absolute atomic E-state index is 12.7. The fraction of sp³-hybridized carbons (Fsp3) is 0.321. The van der Waals surface area contributed by atoms with Gasteiger partial charge in [-0.15, -0.1) is 0 Å². The average Bonchev–Trinajstić information content (AvgIpc) is 3.49. The number of methoxy groups -OCH3 is 1. The van der Waals surface area contributed by atoms with Crippen molar-refractivity contribution < 1.29 is 14.3 Å². The summed E-state index contributed by atoms with van der Waals surface area (Å²) in [5.41, 5.74) is 4.21. The summed E-state index contributed by atoms with van der Waals surface area (Å²) >= 11 is 1.60. The van der Waals surface area contributed by atoms with Gasteiger partial charge in [0.1, 0.15) is 17.2 Å². The Morgan fingerprint density at radius 1 is 1.11 bits per heavy atom. The van der Waals surface area contributed by atoms with Crippen LogP contribution in [-0.4, -0.2) is 45.2 Å². The van der Waals surface area contributed by atoms with Crippen molar-refractivity contribution in [3.63, 3.8) is 0 Å². The number of aromatic amines is 1. The van der Waals surface area contributed by atoms with E-state index in [-0.39, 0.29) is 6.09 Å². The maximum Gasteiger partial charge on any atom is 0.410 e. The van der Waals surface area contributed by atoms with Gasteiger partial charge in [0.2, 0.25) is 0 Å². The number of nitrogens with one attached hydrogen (secondary N) is 1. The molecule has 2 aromatic heterocycles. The number of rotatable bonds is 5. The van der Waals surface area contributed by atoms with Crippen LogP contribution in [0.25, 0.3) is 11.4 Å². The minimum Gasteiger partial charge on any atom is -0.496 e. The first kappa shape index (κ1) is 24.8. The van der Waals surface area contributed by atoms with E-state index in [1.54, 1.807) is 23.3 Å². The molecule has 0 radical (unpaired) electrons. The largest absolute Gasteiger partial charge is 0.496 e. The number of aryl methyl sites for hydroxylation is 1. The number of amides is 1. The van der Waals surface area contributed by atoms with E-state index in [2.05, 4.69) is 33.1 Å². The summed E-state index contributed by atoms with van der Waals surface area (Å²) in [6.07, 6.45) is 2.27. The summed E-state index contributed by atoms with van der Waals surface area (Å²) in [4.78, 5) is 30.4. The Balaban J connectivity index is 1.51. The van der Waals surface area contributed by atoms with Crippen LogP contribution in [0.4, 0.5) is 21.3 Å². The van der Waals surface area contributed by atoms with Crippen molar-refractivity contribution >= 4 is 33.9 Å². The molecule has 192 valence electrons. The third kappa shape index (κ3) is 5.32. The lowest BCUT2D eigenvalue weighted by molar-refractivity contribution is 0.0225. The Hall–Kier alpha value is -3.85. The van der Waals surface area contributed by atoms with Crippen LogP contribution in [-0.2, 0) is 17.7 Å². The van der Waals surface area contributed by atoms with Crippen molar-refractivity contribution in [2.24, 2.45) is 0 Å². The van der Waals surface area contributed by atoms with Gasteiger partial charge in [-0.1, -0.05) is 29.5 Å². The molecule has 1 amide bonds. The maximum atomic E-state index is 12.7. The van der Waals surface area contributed by atoms with E-state index in [9.17, 15) is 4.79 Å². The summed E-state index contributed by atoms with van der Waals surface area (Å²) in [5, 5.41) is 0.839. The number of H-pyrrole nitrogens is 1. The van der Waals surface area contributed by atoms with Crippen molar-refractivity contribution in [1.29, 1.82) is 0 Å². The van der Waals surface area contributed by atoms with Gasteiger partial charge >= 0.3 is 6.09 Å². The molecule has 1 aliphatic heterocycles. The molecule has 0 spiro atoms. The zero-order valence-electron chi connectivity index (χ0n) is 21.7. The van der Waals surface area contributed by atoms with Crippen molar-refractivity contribution in [3.05, 3.63) is 71.0 Å². The number of carbonyl (C=O) groups excluding carboxylic acids is 1.